The maximum Gasteiger partial charge on any atom is 0.0242 e. The summed E-state index contributed by atoms with van der Waals surface area (Å²) < 4.78 is 2.58. The molecule has 0 bridgehead atoms. The Bertz CT molecular complexity index is 1880. The summed E-state index contributed by atoms with van der Waals surface area (Å²) in [4.78, 5) is 9.15. The number of aromatic nitrogens is 2. The van der Waals surface area contributed by atoms with Crippen LogP contribution in [0.2, 0.25) is 0 Å². The predicted molar refractivity (Wildman–Crippen MR) is 169 cm³/mol. The average Bonchev–Trinajstić information content (AvgIpc) is 3.41. The van der Waals surface area contributed by atoms with E-state index in [1.54, 1.807) is 0 Å². The first-order valence-electron chi connectivity index (χ1n) is 13.5. The molecule has 1 radical (unpaired) electrons. The van der Waals surface area contributed by atoms with Crippen LogP contribution in [0.1, 0.15) is 18.1 Å². The van der Waals surface area contributed by atoms with Crippen molar-refractivity contribution in [3.05, 3.63) is 145 Å². The van der Waals surface area contributed by atoms with Crippen LogP contribution < -0.4 is 0 Å². The van der Waals surface area contributed by atoms with E-state index in [1.807, 2.05) is 60.1 Å². The minimum atomic E-state index is 0. The second kappa shape index (κ2) is 13.1. The van der Waals surface area contributed by atoms with Crippen LogP contribution in [-0.4, -0.2) is 9.97 Å². The summed E-state index contributed by atoms with van der Waals surface area (Å²) in [7, 11) is 0. The molecule has 0 fully saturated rings. The first kappa shape index (κ1) is 28.6. The zero-order valence-corrected chi connectivity index (χ0v) is 26.1. The van der Waals surface area contributed by atoms with E-state index in [-0.39, 0.29) is 20.1 Å². The predicted octanol–water partition coefficient (Wildman–Crippen LogP) is 10.0. The Kier molecular flexibility index (Phi) is 9.16. The number of benzene rings is 4. The Morgan fingerprint density at radius 3 is 2.24 bits per heavy atom. The topological polar surface area (TPSA) is 25.8 Å². The Morgan fingerprint density at radius 2 is 1.49 bits per heavy atom. The smallest absolute Gasteiger partial charge is 0.0242 e. The molecule has 0 unspecified atom stereocenters. The van der Waals surface area contributed by atoms with Gasteiger partial charge < -0.3 is 9.97 Å². The first-order chi connectivity index (χ1) is 19.7. The molecule has 41 heavy (non-hydrogen) atoms. The van der Waals surface area contributed by atoms with Gasteiger partial charge in [-0.3, -0.25) is 0 Å². The molecule has 0 N–H and O–H groups in total. The van der Waals surface area contributed by atoms with Gasteiger partial charge in [0.15, 0.2) is 0 Å². The summed E-state index contributed by atoms with van der Waals surface area (Å²) in [5, 5.41) is 2.61. The van der Waals surface area contributed by atoms with Gasteiger partial charge in [0.1, 0.15) is 0 Å². The number of pyridine rings is 2. The molecule has 0 saturated heterocycles. The van der Waals surface area contributed by atoms with Crippen LogP contribution in [-0.2, 0) is 26.5 Å². The third-order valence-corrected chi connectivity index (χ3v) is 8.15. The van der Waals surface area contributed by atoms with Crippen molar-refractivity contribution in [2.45, 2.75) is 20.3 Å². The number of rotatable bonds is 4. The molecule has 4 heteroatoms. The van der Waals surface area contributed by atoms with Crippen LogP contribution in [0, 0.1) is 19.1 Å². The van der Waals surface area contributed by atoms with Crippen molar-refractivity contribution >= 4 is 31.5 Å². The van der Waals surface area contributed by atoms with E-state index in [0.29, 0.717) is 0 Å². The molecule has 3 heterocycles. The van der Waals surface area contributed by atoms with Gasteiger partial charge in [0.25, 0.3) is 0 Å². The van der Waals surface area contributed by atoms with Crippen LogP contribution in [0.15, 0.2) is 122 Å². The number of hydrogen-bond acceptors (Lipinski definition) is 3. The number of hydrogen-bond donors (Lipinski definition) is 0. The summed E-state index contributed by atoms with van der Waals surface area (Å²) in [6.07, 6.45) is 4.88. The molecule has 0 spiro atoms. The maximum absolute atomic E-state index is 4.60. The summed E-state index contributed by atoms with van der Waals surface area (Å²) in [6, 6.07) is 44.0. The van der Waals surface area contributed by atoms with Crippen molar-refractivity contribution in [3.8, 4) is 33.6 Å². The van der Waals surface area contributed by atoms with Crippen LogP contribution in [0.25, 0.3) is 53.8 Å². The van der Waals surface area contributed by atoms with Gasteiger partial charge in [-0.1, -0.05) is 79.0 Å². The molecule has 0 saturated carbocycles. The van der Waals surface area contributed by atoms with Crippen LogP contribution in [0.3, 0.4) is 0 Å². The van der Waals surface area contributed by atoms with E-state index in [2.05, 4.69) is 109 Å². The van der Waals surface area contributed by atoms with E-state index in [0.717, 1.165) is 28.9 Å². The van der Waals surface area contributed by atoms with Crippen molar-refractivity contribution in [2.75, 3.05) is 0 Å². The minimum absolute atomic E-state index is 0. The number of aryl methyl sites for hydroxylation is 2. The van der Waals surface area contributed by atoms with Gasteiger partial charge in [-0.25, -0.2) is 0 Å². The van der Waals surface area contributed by atoms with Gasteiger partial charge in [-0.15, -0.1) is 59.7 Å². The molecule has 0 aliphatic carbocycles. The molecule has 0 amide bonds. The minimum Gasteiger partial charge on any atom is -0.304 e. The summed E-state index contributed by atoms with van der Waals surface area (Å²) in [6.45, 7) is 4.24. The van der Waals surface area contributed by atoms with E-state index in [1.165, 1.54) is 42.4 Å². The van der Waals surface area contributed by atoms with Crippen molar-refractivity contribution in [3.63, 3.8) is 0 Å². The van der Waals surface area contributed by atoms with Gasteiger partial charge in [-0.05, 0) is 57.6 Å². The van der Waals surface area contributed by atoms with E-state index >= 15 is 0 Å². The number of nitrogens with zero attached hydrogens (tertiary/aromatic N) is 2. The molecule has 203 valence electrons. The molecule has 0 aliphatic heterocycles. The molecule has 4 aromatic carbocycles. The summed E-state index contributed by atoms with van der Waals surface area (Å²) >= 11 is 1.82. The monoisotopic (exact) mass is 725 g/mol. The Labute approximate surface area is 259 Å². The van der Waals surface area contributed by atoms with Gasteiger partial charge in [0.2, 0.25) is 0 Å². The van der Waals surface area contributed by atoms with Gasteiger partial charge in [0.05, 0.1) is 0 Å². The van der Waals surface area contributed by atoms with Crippen molar-refractivity contribution in [2.24, 2.45) is 0 Å². The Morgan fingerprint density at radius 1 is 0.707 bits per heavy atom. The van der Waals surface area contributed by atoms with E-state index in [9.17, 15) is 0 Å². The third kappa shape index (κ3) is 6.21. The summed E-state index contributed by atoms with van der Waals surface area (Å²) in [5.41, 5.74) is 9.06. The standard InChI is InChI=1S/C19H16N.C18H12NS.Ir/c1-2-15-13-19(17-11-7-4-8-12-17)20-14-18(15)16-9-5-3-6-10-16;1-12-9-10-16(19-11-12)15-7-4-6-14-13-5-2-3-8-17(13)20-18(14)15;/h3-11,13-14H,2H2,1H3;2-6,8-11H,1H3;/q2*-1;. The second-order valence-electron chi connectivity index (χ2n) is 9.64. The third-order valence-electron chi connectivity index (χ3n) is 6.95. The van der Waals surface area contributed by atoms with Gasteiger partial charge in [0, 0.05) is 42.8 Å². The molecule has 7 aromatic rings. The maximum atomic E-state index is 4.60. The van der Waals surface area contributed by atoms with Crippen molar-refractivity contribution < 1.29 is 20.1 Å². The van der Waals surface area contributed by atoms with Gasteiger partial charge in [-0.2, -0.15) is 11.3 Å². The quantitative estimate of drug-likeness (QED) is 0.169. The SMILES string of the molecule is CCc1cc(-c2[c-]cccc2)ncc1-c1ccccc1.Cc1ccc(-c2[c-]ccc3c2sc2ccccc23)nc1.[Ir]. The fourth-order valence-corrected chi connectivity index (χ4v) is 6.07. The molecular formula is C37H28IrN2S-2. The normalized spacial score (nSPS) is 10.6. The Hall–Kier alpha value is -3.95. The largest absolute Gasteiger partial charge is 0.304 e. The fraction of sp³-hybridized carbons (Fsp3) is 0.0811. The molecular weight excluding hydrogens is 697 g/mol. The Balaban J connectivity index is 0.000000161. The van der Waals surface area contributed by atoms with Gasteiger partial charge >= 0.3 is 0 Å². The zero-order valence-electron chi connectivity index (χ0n) is 22.9. The van der Waals surface area contributed by atoms with E-state index < -0.39 is 0 Å². The van der Waals surface area contributed by atoms with Crippen LogP contribution >= 0.6 is 11.3 Å². The fourth-order valence-electron chi connectivity index (χ4n) is 4.86. The molecule has 0 aliphatic rings. The van der Waals surface area contributed by atoms with E-state index in [4.69, 9.17) is 0 Å². The van der Waals surface area contributed by atoms with Crippen LogP contribution in [0.4, 0.5) is 0 Å². The number of thiophene rings is 1. The second-order valence-corrected chi connectivity index (χ2v) is 10.7. The number of fused-ring (bicyclic) bond motifs is 3. The zero-order chi connectivity index (χ0) is 27.3. The molecule has 3 aromatic heterocycles. The van der Waals surface area contributed by atoms with Crippen molar-refractivity contribution in [1.82, 2.24) is 9.97 Å². The first-order valence-corrected chi connectivity index (χ1v) is 14.3. The average molecular weight is 725 g/mol. The van der Waals surface area contributed by atoms with Crippen LogP contribution in [0.5, 0.6) is 0 Å². The molecule has 2 nitrogen and oxygen atoms in total. The molecule has 0 atom stereocenters. The summed E-state index contributed by atoms with van der Waals surface area (Å²) in [5.74, 6) is 0. The molecule has 7 rings (SSSR count). The van der Waals surface area contributed by atoms with Crippen molar-refractivity contribution in [1.29, 1.82) is 0 Å².